The van der Waals surface area contributed by atoms with Crippen molar-refractivity contribution < 1.29 is 14.3 Å². The van der Waals surface area contributed by atoms with E-state index in [9.17, 15) is 9.59 Å². The van der Waals surface area contributed by atoms with Crippen LogP contribution < -0.4 is 9.64 Å². The number of anilines is 1. The molecule has 1 aliphatic heterocycles. The Hall–Kier alpha value is -2.66. The van der Waals surface area contributed by atoms with Gasteiger partial charge in [0.15, 0.2) is 0 Å². The van der Waals surface area contributed by atoms with E-state index < -0.39 is 11.7 Å². The van der Waals surface area contributed by atoms with Crippen LogP contribution in [0.1, 0.15) is 23.2 Å². The predicted molar refractivity (Wildman–Crippen MR) is 110 cm³/mol. The minimum atomic E-state index is -0.446. The van der Waals surface area contributed by atoms with Gasteiger partial charge in [0.25, 0.3) is 11.7 Å². The molecule has 0 spiro atoms. The van der Waals surface area contributed by atoms with Gasteiger partial charge in [0.2, 0.25) is 0 Å². The molecule has 0 aliphatic carbocycles. The van der Waals surface area contributed by atoms with Crippen LogP contribution >= 0.6 is 15.9 Å². The lowest BCUT2D eigenvalue weighted by molar-refractivity contribution is -0.114. The van der Waals surface area contributed by atoms with Gasteiger partial charge in [-0.05, 0) is 53.9 Å². The SMILES string of the molecule is O=C1C(=O)N(CCCCOc2ccc3ccccc3c2)c2ccc(Br)cc21. The molecule has 1 amide bonds. The van der Waals surface area contributed by atoms with Crippen LogP contribution in [0.3, 0.4) is 0 Å². The number of nitrogens with zero attached hydrogens (tertiary/aromatic N) is 1. The maximum Gasteiger partial charge on any atom is 0.299 e. The van der Waals surface area contributed by atoms with Crippen LogP contribution in [0.25, 0.3) is 10.8 Å². The molecule has 4 nitrogen and oxygen atoms in total. The summed E-state index contributed by atoms with van der Waals surface area (Å²) in [5.41, 5.74) is 1.17. The largest absolute Gasteiger partial charge is 0.494 e. The summed E-state index contributed by atoms with van der Waals surface area (Å²) < 4.78 is 6.63. The number of halogens is 1. The van der Waals surface area contributed by atoms with Gasteiger partial charge in [-0.2, -0.15) is 0 Å². The lowest BCUT2D eigenvalue weighted by Crippen LogP contribution is -2.30. The molecule has 4 rings (SSSR count). The van der Waals surface area contributed by atoms with Crippen molar-refractivity contribution in [1.82, 2.24) is 0 Å². The molecule has 3 aromatic rings. The number of ether oxygens (including phenoxy) is 1. The topological polar surface area (TPSA) is 46.6 Å². The third kappa shape index (κ3) is 3.60. The van der Waals surface area contributed by atoms with Crippen molar-refractivity contribution in [3.63, 3.8) is 0 Å². The number of carbonyl (C=O) groups excluding carboxylic acids is 2. The first kappa shape index (κ1) is 17.7. The van der Waals surface area contributed by atoms with Gasteiger partial charge in [-0.15, -0.1) is 0 Å². The summed E-state index contributed by atoms with van der Waals surface area (Å²) in [6, 6.07) is 19.6. The van der Waals surface area contributed by atoms with Gasteiger partial charge in [0, 0.05) is 11.0 Å². The number of amides is 1. The lowest BCUT2D eigenvalue weighted by Gasteiger charge is -2.16. The highest BCUT2D eigenvalue weighted by Gasteiger charge is 2.35. The molecule has 1 aliphatic rings. The Morgan fingerprint density at radius 3 is 2.56 bits per heavy atom. The summed E-state index contributed by atoms with van der Waals surface area (Å²) in [4.78, 5) is 25.9. The van der Waals surface area contributed by atoms with E-state index in [4.69, 9.17) is 4.74 Å². The Kier molecular flexibility index (Phi) is 4.94. The summed E-state index contributed by atoms with van der Waals surface area (Å²) in [6.07, 6.45) is 1.57. The van der Waals surface area contributed by atoms with Crippen LogP contribution in [0.4, 0.5) is 5.69 Å². The molecule has 0 aromatic heterocycles. The van der Waals surface area contributed by atoms with Crippen LogP contribution in [0, 0.1) is 0 Å². The van der Waals surface area contributed by atoms with Crippen molar-refractivity contribution in [3.05, 3.63) is 70.7 Å². The molecular formula is C22H18BrNO3. The molecule has 0 unspecified atom stereocenters. The van der Waals surface area contributed by atoms with Crippen molar-refractivity contribution in [2.75, 3.05) is 18.1 Å². The van der Waals surface area contributed by atoms with Crippen molar-refractivity contribution in [3.8, 4) is 5.75 Å². The summed E-state index contributed by atoms with van der Waals surface area (Å²) in [5, 5.41) is 2.34. The second-order valence-corrected chi connectivity index (χ2v) is 7.43. The zero-order valence-electron chi connectivity index (χ0n) is 14.7. The van der Waals surface area contributed by atoms with Crippen molar-refractivity contribution >= 4 is 44.1 Å². The van der Waals surface area contributed by atoms with Crippen molar-refractivity contribution in [2.24, 2.45) is 0 Å². The standard InChI is InChI=1S/C22H18BrNO3/c23-17-8-10-20-19(14-17)21(25)22(26)24(20)11-3-4-12-27-18-9-7-15-5-1-2-6-16(15)13-18/h1-2,5-10,13-14H,3-4,11-12H2. The molecule has 136 valence electrons. The number of carbonyl (C=O) groups is 2. The van der Waals surface area contributed by atoms with Crippen LogP contribution in [0.2, 0.25) is 0 Å². The van der Waals surface area contributed by atoms with Gasteiger partial charge in [0.05, 0.1) is 17.9 Å². The van der Waals surface area contributed by atoms with Crippen LogP contribution in [-0.4, -0.2) is 24.8 Å². The number of hydrogen-bond acceptors (Lipinski definition) is 3. The second-order valence-electron chi connectivity index (χ2n) is 6.51. The van der Waals surface area contributed by atoms with E-state index in [0.29, 0.717) is 24.4 Å². The molecule has 0 bridgehead atoms. The highest BCUT2D eigenvalue weighted by molar-refractivity contribution is 9.10. The summed E-state index contributed by atoms with van der Waals surface area (Å²) in [7, 11) is 0. The number of unbranched alkanes of at least 4 members (excludes halogenated alkanes) is 1. The maximum atomic E-state index is 12.2. The zero-order valence-corrected chi connectivity index (χ0v) is 16.2. The van der Waals surface area contributed by atoms with Gasteiger partial charge in [-0.1, -0.05) is 46.3 Å². The van der Waals surface area contributed by atoms with Crippen LogP contribution in [0.5, 0.6) is 5.75 Å². The maximum absolute atomic E-state index is 12.2. The van der Waals surface area contributed by atoms with Crippen LogP contribution in [-0.2, 0) is 4.79 Å². The number of hydrogen-bond donors (Lipinski definition) is 0. The fourth-order valence-electron chi connectivity index (χ4n) is 3.31. The Balaban J connectivity index is 1.31. The highest BCUT2D eigenvalue weighted by Crippen LogP contribution is 2.31. The monoisotopic (exact) mass is 423 g/mol. The van der Waals surface area contributed by atoms with Crippen molar-refractivity contribution in [1.29, 1.82) is 0 Å². The number of rotatable bonds is 6. The van der Waals surface area contributed by atoms with E-state index in [1.165, 1.54) is 5.39 Å². The van der Waals surface area contributed by atoms with Gasteiger partial charge < -0.3 is 9.64 Å². The lowest BCUT2D eigenvalue weighted by atomic mass is 10.1. The first-order valence-electron chi connectivity index (χ1n) is 8.91. The molecule has 5 heteroatoms. The van der Waals surface area contributed by atoms with Gasteiger partial charge in [0.1, 0.15) is 5.75 Å². The van der Waals surface area contributed by atoms with Gasteiger partial charge in [-0.25, -0.2) is 0 Å². The molecule has 3 aromatic carbocycles. The van der Waals surface area contributed by atoms with Gasteiger partial charge >= 0.3 is 0 Å². The average molecular weight is 424 g/mol. The highest BCUT2D eigenvalue weighted by atomic mass is 79.9. The Morgan fingerprint density at radius 2 is 1.70 bits per heavy atom. The van der Waals surface area contributed by atoms with Crippen molar-refractivity contribution in [2.45, 2.75) is 12.8 Å². The minimum Gasteiger partial charge on any atom is -0.494 e. The third-order valence-corrected chi connectivity index (χ3v) is 5.19. The number of Topliss-reactive ketones (excluding diaryl/α,β-unsaturated/α-hetero) is 1. The molecule has 0 fully saturated rings. The molecule has 27 heavy (non-hydrogen) atoms. The summed E-state index contributed by atoms with van der Waals surface area (Å²) in [5.74, 6) is -0.0337. The van der Waals surface area contributed by atoms with E-state index in [2.05, 4.69) is 28.1 Å². The molecule has 1 heterocycles. The number of ketones is 1. The average Bonchev–Trinajstić information content (AvgIpc) is 2.92. The molecule has 0 radical (unpaired) electrons. The predicted octanol–water partition coefficient (Wildman–Crippen LogP) is 4.99. The van der Waals surface area contributed by atoms with Crippen LogP contribution in [0.15, 0.2) is 65.1 Å². The molecule has 0 saturated carbocycles. The number of benzene rings is 3. The van der Waals surface area contributed by atoms with E-state index in [-0.39, 0.29) is 0 Å². The minimum absolute atomic E-state index is 0.432. The Morgan fingerprint density at radius 1 is 0.889 bits per heavy atom. The summed E-state index contributed by atoms with van der Waals surface area (Å²) >= 11 is 3.34. The zero-order chi connectivity index (χ0) is 18.8. The fourth-order valence-corrected chi connectivity index (χ4v) is 3.67. The fraction of sp³-hybridized carbons (Fsp3) is 0.182. The summed E-state index contributed by atoms with van der Waals surface area (Å²) in [6.45, 7) is 1.09. The third-order valence-electron chi connectivity index (χ3n) is 4.70. The Bertz CT molecular complexity index is 1030. The second kappa shape index (κ2) is 7.53. The quantitative estimate of drug-likeness (QED) is 0.414. The molecular weight excluding hydrogens is 406 g/mol. The number of fused-ring (bicyclic) bond motifs is 2. The van der Waals surface area contributed by atoms with E-state index in [1.807, 2.05) is 42.5 Å². The normalized spacial score (nSPS) is 13.3. The van der Waals surface area contributed by atoms with Gasteiger partial charge in [-0.3, -0.25) is 9.59 Å². The Labute approximate surface area is 165 Å². The first-order valence-corrected chi connectivity index (χ1v) is 9.70. The van der Waals surface area contributed by atoms with E-state index in [0.717, 1.165) is 28.5 Å². The molecule has 0 N–H and O–H groups in total. The van der Waals surface area contributed by atoms with E-state index >= 15 is 0 Å². The molecule has 0 atom stereocenters. The van der Waals surface area contributed by atoms with E-state index in [1.54, 1.807) is 11.0 Å². The smallest absolute Gasteiger partial charge is 0.299 e. The molecule has 0 saturated heterocycles. The first-order chi connectivity index (χ1) is 13.1.